The van der Waals surface area contributed by atoms with E-state index in [9.17, 15) is 48.6 Å². The van der Waals surface area contributed by atoms with Crippen LogP contribution in [0.1, 0.15) is 43.5 Å². The lowest BCUT2D eigenvalue weighted by molar-refractivity contribution is -0.142. The molecule has 6 atom stereocenters. The number of aliphatic carboxylic acids is 1. The monoisotopic (exact) mass is 894 g/mol. The number of hydrogen-bond donors (Lipinski definition) is 11. The van der Waals surface area contributed by atoms with Crippen LogP contribution in [-0.4, -0.2) is 135 Å². The number of H-pyrrole nitrogens is 1. The average Bonchev–Trinajstić information content (AvgIpc) is 3.78. The molecule has 0 saturated heterocycles. The second kappa shape index (κ2) is 26.9. The fourth-order valence-corrected chi connectivity index (χ4v) is 6.58. The van der Waals surface area contributed by atoms with Crippen LogP contribution in [0, 0.1) is 5.92 Å². The van der Waals surface area contributed by atoms with Crippen LogP contribution in [0.2, 0.25) is 0 Å². The molecule has 0 unspecified atom stereocenters. The van der Waals surface area contributed by atoms with Gasteiger partial charge in [0.05, 0.1) is 32.1 Å². The summed E-state index contributed by atoms with van der Waals surface area (Å²) in [5.41, 5.74) is 7.91. The first-order chi connectivity index (χ1) is 30.1. The van der Waals surface area contributed by atoms with Gasteiger partial charge in [0.25, 0.3) is 0 Å². The lowest BCUT2D eigenvalue weighted by Gasteiger charge is -2.26. The second-order valence-corrected chi connectivity index (χ2v) is 16.0. The lowest BCUT2D eigenvalue weighted by Crippen LogP contribution is -2.60. The number of hydrogen-bond acceptors (Lipinski definition) is 12. The SMILES string of the molecule is CSCC[C@H](NC(=O)[C@H](Cc1ccccc1)NC(=O)CNC(=O)CNC(=O)[C@@H](N)Cc1ccccc1)C(=O)N[C@@H](CO)C(=O)N[C@@H](Cc1cnc[nH]1)C(=O)N[C@@H](CC(C)C)C(=O)O. The molecule has 0 aliphatic rings. The fourth-order valence-electron chi connectivity index (χ4n) is 6.11. The smallest absolute Gasteiger partial charge is 0.326 e. The Morgan fingerprint density at radius 3 is 1.75 bits per heavy atom. The number of nitrogens with two attached hydrogens (primary N) is 1. The molecule has 342 valence electrons. The van der Waals surface area contributed by atoms with Crippen LogP contribution in [0.5, 0.6) is 0 Å². The van der Waals surface area contributed by atoms with Crippen molar-refractivity contribution in [2.75, 3.05) is 31.7 Å². The second-order valence-electron chi connectivity index (χ2n) is 15.1. The highest BCUT2D eigenvalue weighted by Gasteiger charge is 2.33. The Balaban J connectivity index is 1.67. The van der Waals surface area contributed by atoms with Gasteiger partial charge in [-0.2, -0.15) is 11.8 Å². The summed E-state index contributed by atoms with van der Waals surface area (Å²) in [7, 11) is 0. The summed E-state index contributed by atoms with van der Waals surface area (Å²) in [6.07, 6.45) is 4.83. The third-order valence-electron chi connectivity index (χ3n) is 9.43. The van der Waals surface area contributed by atoms with Crippen LogP contribution in [0.15, 0.2) is 73.2 Å². The molecule has 0 radical (unpaired) electrons. The maximum atomic E-state index is 13.9. The number of aliphatic hydroxyl groups excluding tert-OH is 1. The molecule has 20 nitrogen and oxygen atoms in total. The molecule has 2 aromatic carbocycles. The number of amides is 7. The van der Waals surface area contributed by atoms with Gasteiger partial charge in [-0.25, -0.2) is 9.78 Å². The maximum Gasteiger partial charge on any atom is 0.326 e. The molecule has 0 fully saturated rings. The van der Waals surface area contributed by atoms with Gasteiger partial charge < -0.3 is 58.1 Å². The number of carboxylic acid groups (broad SMARTS) is 1. The maximum absolute atomic E-state index is 13.9. The van der Waals surface area contributed by atoms with Crippen molar-refractivity contribution in [1.82, 2.24) is 47.2 Å². The average molecular weight is 895 g/mol. The van der Waals surface area contributed by atoms with Crippen LogP contribution < -0.4 is 43.0 Å². The van der Waals surface area contributed by atoms with Crippen molar-refractivity contribution in [2.45, 2.75) is 82.2 Å². The molecular weight excluding hydrogens is 837 g/mol. The summed E-state index contributed by atoms with van der Waals surface area (Å²) in [5.74, 6) is -6.39. The first-order valence-corrected chi connectivity index (χ1v) is 21.7. The van der Waals surface area contributed by atoms with Crippen LogP contribution in [-0.2, 0) is 57.6 Å². The van der Waals surface area contributed by atoms with Gasteiger partial charge >= 0.3 is 5.97 Å². The van der Waals surface area contributed by atoms with E-state index in [1.807, 2.05) is 30.3 Å². The number of aliphatic hydroxyl groups is 1. The van der Waals surface area contributed by atoms with E-state index in [1.165, 1.54) is 24.3 Å². The molecule has 0 aliphatic heterocycles. The number of benzene rings is 2. The van der Waals surface area contributed by atoms with Crippen molar-refractivity contribution >= 4 is 59.1 Å². The summed E-state index contributed by atoms with van der Waals surface area (Å²) in [6, 6.07) is 10.2. The highest BCUT2D eigenvalue weighted by molar-refractivity contribution is 7.98. The van der Waals surface area contributed by atoms with E-state index < -0.39 is 103 Å². The van der Waals surface area contributed by atoms with Gasteiger partial charge in [-0.05, 0) is 48.3 Å². The van der Waals surface area contributed by atoms with Crippen LogP contribution in [0.3, 0.4) is 0 Å². The third-order valence-corrected chi connectivity index (χ3v) is 10.1. The number of carboxylic acids is 1. The van der Waals surface area contributed by atoms with Gasteiger partial charge in [-0.1, -0.05) is 74.5 Å². The minimum Gasteiger partial charge on any atom is -0.480 e. The molecule has 1 aromatic heterocycles. The summed E-state index contributed by atoms with van der Waals surface area (Å²) >= 11 is 1.37. The molecule has 1 heterocycles. The van der Waals surface area contributed by atoms with Gasteiger partial charge in [0.15, 0.2) is 0 Å². The van der Waals surface area contributed by atoms with Crippen molar-refractivity contribution in [2.24, 2.45) is 11.7 Å². The Bertz CT molecular complexity index is 1960. The molecule has 0 spiro atoms. The number of imidazole rings is 1. The predicted molar refractivity (Wildman–Crippen MR) is 233 cm³/mol. The Kier molecular flexibility index (Phi) is 21.8. The highest BCUT2D eigenvalue weighted by atomic mass is 32.2. The molecular formula is C42H58N10O10S. The Morgan fingerprint density at radius 1 is 0.667 bits per heavy atom. The van der Waals surface area contributed by atoms with Crippen LogP contribution in [0.25, 0.3) is 0 Å². The van der Waals surface area contributed by atoms with E-state index >= 15 is 0 Å². The number of thioether (sulfide) groups is 1. The molecule has 3 rings (SSSR count). The van der Waals surface area contributed by atoms with E-state index in [0.717, 1.165) is 5.56 Å². The molecule has 63 heavy (non-hydrogen) atoms. The molecule has 12 N–H and O–H groups in total. The van der Waals surface area contributed by atoms with Gasteiger partial charge in [-0.15, -0.1) is 0 Å². The molecule has 3 aromatic rings. The number of aromatic amines is 1. The summed E-state index contributed by atoms with van der Waals surface area (Å²) in [4.78, 5) is 111. The Hall–Kier alpha value is -6.32. The van der Waals surface area contributed by atoms with Crippen molar-refractivity contribution in [1.29, 1.82) is 0 Å². The fraction of sp³-hybridized carbons (Fsp3) is 0.452. The number of nitrogens with zero attached hydrogens (tertiary/aromatic N) is 1. The molecule has 7 amide bonds. The number of aromatic nitrogens is 2. The zero-order valence-corrected chi connectivity index (χ0v) is 36.2. The molecule has 21 heteroatoms. The van der Waals surface area contributed by atoms with Crippen molar-refractivity contribution in [3.63, 3.8) is 0 Å². The van der Waals surface area contributed by atoms with Crippen molar-refractivity contribution in [3.8, 4) is 0 Å². The Morgan fingerprint density at radius 2 is 1.19 bits per heavy atom. The zero-order valence-electron chi connectivity index (χ0n) is 35.4. The number of carbonyl (C=O) groups is 8. The lowest BCUT2D eigenvalue weighted by atomic mass is 10.0. The van der Waals surface area contributed by atoms with Gasteiger partial charge in [0.1, 0.15) is 30.2 Å². The summed E-state index contributed by atoms with van der Waals surface area (Å²) in [5, 5.41) is 37.3. The van der Waals surface area contributed by atoms with E-state index in [0.29, 0.717) is 17.0 Å². The molecule has 0 saturated carbocycles. The van der Waals surface area contributed by atoms with Crippen molar-refractivity contribution in [3.05, 3.63) is 90.0 Å². The highest BCUT2D eigenvalue weighted by Crippen LogP contribution is 2.09. The first-order valence-electron chi connectivity index (χ1n) is 20.3. The van der Waals surface area contributed by atoms with E-state index in [2.05, 4.69) is 47.2 Å². The molecule has 0 bridgehead atoms. The minimum absolute atomic E-state index is 0.0139. The number of nitrogens with one attached hydrogen (secondary N) is 8. The molecule has 0 aliphatic carbocycles. The van der Waals surface area contributed by atoms with Crippen molar-refractivity contribution < 1.29 is 48.6 Å². The van der Waals surface area contributed by atoms with Gasteiger partial charge in [0, 0.05) is 24.7 Å². The number of carbonyl (C=O) groups excluding carboxylic acids is 7. The van der Waals surface area contributed by atoms with Gasteiger partial charge in [0.2, 0.25) is 41.4 Å². The van der Waals surface area contributed by atoms with Crippen LogP contribution in [0.4, 0.5) is 0 Å². The standard InChI is InChI=1S/C42H58N10O10S/c1-25(2)16-33(42(61)62)51-40(59)32(19-28-20-44-24-47-28)50-41(60)34(23-53)52-38(57)30(14-15-63-3)49-39(58)31(18-27-12-8-5-9-13-27)48-36(55)22-45-35(54)21-46-37(56)29(43)17-26-10-6-4-7-11-26/h4-13,20,24-25,29-34,53H,14-19,21-23,43H2,1-3H3,(H,44,47)(H,45,54)(H,46,56)(H,48,55)(H,49,58)(H,50,60)(H,51,59)(H,52,57)(H,61,62)/t29-,30-,31-,32-,33-,34-/m0/s1. The quantitative estimate of drug-likeness (QED) is 0.0407. The normalized spacial score (nSPS) is 13.8. The van der Waals surface area contributed by atoms with Crippen LogP contribution >= 0.6 is 11.8 Å². The summed E-state index contributed by atoms with van der Waals surface area (Å²) < 4.78 is 0. The predicted octanol–water partition coefficient (Wildman–Crippen LogP) is -1.70. The largest absolute Gasteiger partial charge is 0.480 e. The first kappa shape index (κ1) is 51.0. The third kappa shape index (κ3) is 18.7. The van der Waals surface area contributed by atoms with E-state index in [4.69, 9.17) is 5.73 Å². The number of rotatable bonds is 27. The minimum atomic E-state index is -1.61. The van der Waals surface area contributed by atoms with E-state index in [1.54, 1.807) is 50.4 Å². The van der Waals surface area contributed by atoms with E-state index in [-0.39, 0.29) is 38.0 Å². The topological polar surface area (TPSA) is 316 Å². The Labute approximate surface area is 369 Å². The van der Waals surface area contributed by atoms with Gasteiger partial charge in [-0.3, -0.25) is 33.6 Å². The zero-order chi connectivity index (χ0) is 46.3. The summed E-state index contributed by atoms with van der Waals surface area (Å²) in [6.45, 7) is 1.65.